The van der Waals surface area contributed by atoms with E-state index in [1.54, 1.807) is 12.1 Å². The fourth-order valence-electron chi connectivity index (χ4n) is 1.24. The number of aromatic nitrogens is 1. The summed E-state index contributed by atoms with van der Waals surface area (Å²) in [5, 5.41) is 1.08. The highest BCUT2D eigenvalue weighted by molar-refractivity contribution is 7.10. The van der Waals surface area contributed by atoms with Gasteiger partial charge >= 0.3 is 5.97 Å². The summed E-state index contributed by atoms with van der Waals surface area (Å²) < 4.78 is 4.53. The summed E-state index contributed by atoms with van der Waals surface area (Å²) in [5.41, 5.74) is 1.48. The number of carbonyl (C=O) groups excluding carboxylic acids is 1. The molecule has 0 aliphatic heterocycles. The van der Waals surface area contributed by atoms with Crippen molar-refractivity contribution < 1.29 is 9.32 Å². The Morgan fingerprint density at radius 3 is 3.00 bits per heavy atom. The first-order chi connectivity index (χ1) is 6.31. The highest BCUT2D eigenvalue weighted by Crippen LogP contribution is 2.15. The first kappa shape index (κ1) is 8.27. The number of fused-ring (bicyclic) bond motifs is 1. The van der Waals surface area contributed by atoms with E-state index in [4.69, 9.17) is 0 Å². The second kappa shape index (κ2) is 3.19. The Kier molecular flexibility index (Phi) is 2.03. The molecular weight excluding hydrogens is 185 g/mol. The van der Waals surface area contributed by atoms with Crippen molar-refractivity contribution >= 4 is 26.3 Å². The number of benzene rings is 1. The van der Waals surface area contributed by atoms with Gasteiger partial charge in [-0.2, -0.15) is 0 Å². The number of hydrogen-bond donors (Lipinski definition) is 1. The summed E-state index contributed by atoms with van der Waals surface area (Å²) in [4.78, 5) is 14.1. The number of H-pyrrole nitrogens is 1. The molecule has 0 aliphatic carbocycles. The lowest BCUT2D eigenvalue weighted by molar-refractivity contribution is 0.0766. The van der Waals surface area contributed by atoms with Crippen LogP contribution in [0.1, 0.15) is 10.4 Å². The third kappa shape index (κ3) is 1.43. The average Bonchev–Trinajstić information content (AvgIpc) is 2.63. The lowest BCUT2D eigenvalue weighted by Gasteiger charge is -1.97. The van der Waals surface area contributed by atoms with Crippen LogP contribution >= 0.6 is 9.47 Å². The monoisotopic (exact) mass is 193 g/mol. The van der Waals surface area contributed by atoms with Crippen LogP contribution in [0.3, 0.4) is 0 Å². The summed E-state index contributed by atoms with van der Waals surface area (Å²) in [6, 6.07) is 7.33. The number of nitrogens with one attached hydrogen (secondary N) is 1. The van der Waals surface area contributed by atoms with Crippen LogP contribution in [0.2, 0.25) is 0 Å². The van der Waals surface area contributed by atoms with Crippen LogP contribution in [0, 0.1) is 0 Å². The molecular formula is C9H8NO2P. The Labute approximate surface area is 77.4 Å². The highest BCUT2D eigenvalue weighted by Gasteiger charge is 2.05. The average molecular weight is 193 g/mol. The largest absolute Gasteiger partial charge is 0.448 e. The van der Waals surface area contributed by atoms with Gasteiger partial charge in [-0.1, -0.05) is 6.07 Å². The lowest BCUT2D eigenvalue weighted by atomic mass is 10.2. The predicted molar refractivity (Wildman–Crippen MR) is 53.4 cm³/mol. The van der Waals surface area contributed by atoms with Crippen molar-refractivity contribution in [3.05, 3.63) is 36.0 Å². The van der Waals surface area contributed by atoms with Gasteiger partial charge in [-0.15, -0.1) is 0 Å². The predicted octanol–water partition coefficient (Wildman–Crippen LogP) is 2.11. The zero-order valence-electron chi connectivity index (χ0n) is 6.78. The summed E-state index contributed by atoms with van der Waals surface area (Å²) in [6.45, 7) is 0. The van der Waals surface area contributed by atoms with E-state index in [1.165, 1.54) is 0 Å². The van der Waals surface area contributed by atoms with E-state index in [2.05, 4.69) is 9.51 Å². The minimum Gasteiger partial charge on any atom is -0.448 e. The minimum absolute atomic E-state index is 0.346. The molecule has 1 aromatic carbocycles. The number of aromatic amines is 1. The molecule has 0 radical (unpaired) electrons. The molecule has 0 aliphatic rings. The maximum Gasteiger partial charge on any atom is 0.340 e. The summed E-state index contributed by atoms with van der Waals surface area (Å²) in [5.74, 6) is -0.346. The summed E-state index contributed by atoms with van der Waals surface area (Å²) in [6.07, 6.45) is 1.83. The molecule has 0 saturated heterocycles. The Hall–Kier alpha value is -1.34. The van der Waals surface area contributed by atoms with Gasteiger partial charge in [0.2, 0.25) is 0 Å². The van der Waals surface area contributed by atoms with E-state index in [-0.39, 0.29) is 5.97 Å². The molecule has 2 rings (SSSR count). The van der Waals surface area contributed by atoms with Gasteiger partial charge in [0, 0.05) is 11.7 Å². The molecule has 0 saturated carbocycles. The first-order valence-corrected chi connectivity index (χ1v) is 4.26. The number of carbonyl (C=O) groups is 1. The van der Waals surface area contributed by atoms with Crippen molar-refractivity contribution in [2.45, 2.75) is 0 Å². The molecule has 3 nitrogen and oxygen atoms in total. The molecule has 4 heteroatoms. The zero-order valence-corrected chi connectivity index (χ0v) is 7.94. The van der Waals surface area contributed by atoms with Gasteiger partial charge in [-0.25, -0.2) is 4.79 Å². The van der Waals surface area contributed by atoms with Crippen molar-refractivity contribution in [3.8, 4) is 0 Å². The molecule has 1 N–H and O–H groups in total. The molecule has 0 fully saturated rings. The smallest absolute Gasteiger partial charge is 0.340 e. The van der Waals surface area contributed by atoms with Crippen molar-refractivity contribution in [1.82, 2.24) is 4.98 Å². The Balaban J connectivity index is 2.54. The van der Waals surface area contributed by atoms with Gasteiger partial charge in [-0.3, -0.25) is 0 Å². The Morgan fingerprint density at radius 1 is 1.38 bits per heavy atom. The van der Waals surface area contributed by atoms with Crippen LogP contribution in [-0.4, -0.2) is 11.0 Å². The molecule has 0 bridgehead atoms. The van der Waals surface area contributed by atoms with Gasteiger partial charge < -0.3 is 9.51 Å². The van der Waals surface area contributed by atoms with Crippen LogP contribution in [0.25, 0.3) is 10.9 Å². The maximum absolute atomic E-state index is 11.1. The summed E-state index contributed by atoms with van der Waals surface area (Å²) >= 11 is 0. The maximum atomic E-state index is 11.1. The highest BCUT2D eigenvalue weighted by atomic mass is 31.0. The zero-order chi connectivity index (χ0) is 9.26. The van der Waals surface area contributed by atoms with E-state index in [1.807, 2.05) is 27.8 Å². The third-order valence-corrected chi connectivity index (χ3v) is 2.11. The van der Waals surface area contributed by atoms with Crippen molar-refractivity contribution in [1.29, 1.82) is 0 Å². The third-order valence-electron chi connectivity index (χ3n) is 1.90. The van der Waals surface area contributed by atoms with E-state index in [0.717, 1.165) is 10.9 Å². The topological polar surface area (TPSA) is 42.1 Å². The lowest BCUT2D eigenvalue weighted by Crippen LogP contribution is -1.96. The van der Waals surface area contributed by atoms with E-state index < -0.39 is 0 Å². The number of hydrogen-bond acceptors (Lipinski definition) is 2. The molecule has 1 unspecified atom stereocenters. The standard InChI is InChI=1S/C9H8NO2P/c11-9(12-13)7-2-1-6-3-4-10-8(6)5-7/h1-5,10H,13H2. The van der Waals surface area contributed by atoms with Crippen LogP contribution < -0.4 is 0 Å². The molecule has 0 spiro atoms. The minimum atomic E-state index is -0.346. The second-order valence-electron chi connectivity index (χ2n) is 2.69. The van der Waals surface area contributed by atoms with Gasteiger partial charge in [0.15, 0.2) is 0 Å². The van der Waals surface area contributed by atoms with Gasteiger partial charge in [0.05, 0.1) is 15.0 Å². The van der Waals surface area contributed by atoms with Gasteiger partial charge in [0.1, 0.15) is 0 Å². The van der Waals surface area contributed by atoms with Crippen molar-refractivity contribution in [3.63, 3.8) is 0 Å². The van der Waals surface area contributed by atoms with E-state index in [0.29, 0.717) is 5.56 Å². The molecule has 1 heterocycles. The van der Waals surface area contributed by atoms with Crippen LogP contribution in [-0.2, 0) is 4.52 Å². The normalized spacial score (nSPS) is 10.2. The van der Waals surface area contributed by atoms with Gasteiger partial charge in [-0.05, 0) is 23.6 Å². The summed E-state index contributed by atoms with van der Waals surface area (Å²) in [7, 11) is 1.94. The molecule has 2 aromatic rings. The molecule has 1 atom stereocenters. The fourth-order valence-corrected chi connectivity index (χ4v) is 1.38. The van der Waals surface area contributed by atoms with Crippen molar-refractivity contribution in [2.24, 2.45) is 0 Å². The van der Waals surface area contributed by atoms with Gasteiger partial charge in [0.25, 0.3) is 0 Å². The molecule has 0 amide bonds. The van der Waals surface area contributed by atoms with Crippen LogP contribution in [0.5, 0.6) is 0 Å². The van der Waals surface area contributed by atoms with E-state index in [9.17, 15) is 4.79 Å². The fraction of sp³-hybridized carbons (Fsp3) is 0. The molecule has 13 heavy (non-hydrogen) atoms. The quantitative estimate of drug-likeness (QED) is 0.705. The molecule has 66 valence electrons. The first-order valence-electron chi connectivity index (χ1n) is 3.79. The van der Waals surface area contributed by atoms with Crippen molar-refractivity contribution in [2.75, 3.05) is 0 Å². The van der Waals surface area contributed by atoms with E-state index >= 15 is 0 Å². The SMILES string of the molecule is O=C(OP)c1ccc2cc[nH]c2c1. The Morgan fingerprint density at radius 2 is 2.23 bits per heavy atom. The van der Waals surface area contributed by atoms with Crippen LogP contribution in [0.15, 0.2) is 30.5 Å². The second-order valence-corrected chi connectivity index (χ2v) is 2.92. The Bertz CT molecular complexity index is 450. The van der Waals surface area contributed by atoms with Crippen LogP contribution in [0.4, 0.5) is 0 Å². The molecule has 1 aromatic heterocycles. The number of rotatable bonds is 1.